The number of aryl methyl sites for hydroxylation is 1. The van der Waals surface area contributed by atoms with Crippen molar-refractivity contribution in [2.45, 2.75) is 22.2 Å². The second-order valence-electron chi connectivity index (χ2n) is 3.21. The number of alkyl halides is 3. The van der Waals surface area contributed by atoms with E-state index in [2.05, 4.69) is 0 Å². The molecule has 0 amide bonds. The van der Waals surface area contributed by atoms with E-state index in [0.29, 0.717) is 0 Å². The van der Waals surface area contributed by atoms with Crippen LogP contribution in [0.5, 0.6) is 0 Å². The third-order valence-corrected chi connectivity index (χ3v) is 4.18. The van der Waals surface area contributed by atoms with Gasteiger partial charge in [0.1, 0.15) is 0 Å². The van der Waals surface area contributed by atoms with Crippen molar-refractivity contribution in [3.63, 3.8) is 0 Å². The van der Waals surface area contributed by atoms with Gasteiger partial charge in [-0.1, -0.05) is 0 Å². The second kappa shape index (κ2) is 4.99. The zero-order chi connectivity index (χ0) is 14.1. The lowest BCUT2D eigenvalue weighted by atomic mass is 10.1. The first-order valence-electron chi connectivity index (χ1n) is 4.30. The van der Waals surface area contributed by atoms with Crippen LogP contribution in [0.4, 0.5) is 13.2 Å². The molecule has 1 rings (SSSR count). The van der Waals surface area contributed by atoms with E-state index in [0.717, 1.165) is 12.1 Å². The van der Waals surface area contributed by atoms with Gasteiger partial charge in [-0.15, -0.1) is 0 Å². The molecule has 3 nitrogen and oxygen atoms in total. The number of halogens is 4. The summed E-state index contributed by atoms with van der Waals surface area (Å²) >= 11 is -0.585. The molecule has 0 aliphatic rings. The topological polar surface area (TPSA) is 57.9 Å². The number of rotatable bonds is 2. The molecule has 0 radical (unpaired) electrons. The van der Waals surface area contributed by atoms with E-state index in [-0.39, 0.29) is 11.1 Å². The van der Waals surface area contributed by atoms with Gasteiger partial charge in [-0.2, -0.15) is 18.4 Å². The van der Waals surface area contributed by atoms with Crippen molar-refractivity contribution in [1.29, 1.82) is 5.26 Å². The Morgan fingerprint density at radius 3 is 2.33 bits per heavy atom. The zero-order valence-electron chi connectivity index (χ0n) is 8.75. The molecule has 0 fully saturated rings. The van der Waals surface area contributed by atoms with Crippen LogP contribution in [0.3, 0.4) is 0 Å². The van der Waals surface area contributed by atoms with E-state index in [1.165, 1.54) is 6.92 Å². The number of benzene rings is 1. The van der Waals surface area contributed by atoms with Crippen LogP contribution >= 0.6 is 22.4 Å². The van der Waals surface area contributed by atoms with Gasteiger partial charge in [-0.05, 0) is 36.4 Å². The SMILES string of the molecule is Cc1cc(SC(F)(F)F)c(S(=O)(=O)Cl)cc1C#N. The highest BCUT2D eigenvalue weighted by Crippen LogP contribution is 2.41. The van der Waals surface area contributed by atoms with Crippen molar-refractivity contribution >= 4 is 31.5 Å². The van der Waals surface area contributed by atoms with Gasteiger partial charge in [-0.25, -0.2) is 8.42 Å². The Morgan fingerprint density at radius 2 is 1.94 bits per heavy atom. The van der Waals surface area contributed by atoms with Crippen LogP contribution in [-0.4, -0.2) is 13.9 Å². The van der Waals surface area contributed by atoms with Crippen LogP contribution in [0.2, 0.25) is 0 Å². The van der Waals surface area contributed by atoms with Gasteiger partial charge in [0.15, 0.2) is 0 Å². The predicted octanol–water partition coefficient (Wildman–Crippen LogP) is 3.41. The Labute approximate surface area is 110 Å². The molecule has 0 unspecified atom stereocenters. The molecule has 0 spiro atoms. The van der Waals surface area contributed by atoms with E-state index in [1.54, 1.807) is 6.07 Å². The van der Waals surface area contributed by atoms with Crippen molar-refractivity contribution in [2.75, 3.05) is 0 Å². The molecule has 0 aliphatic carbocycles. The Balaban J connectivity index is 3.51. The van der Waals surface area contributed by atoms with E-state index in [1.807, 2.05) is 0 Å². The summed E-state index contributed by atoms with van der Waals surface area (Å²) in [6.07, 6.45) is 0. The highest BCUT2D eigenvalue weighted by atomic mass is 35.7. The minimum atomic E-state index is -4.64. The van der Waals surface area contributed by atoms with Crippen LogP contribution in [0.25, 0.3) is 0 Å². The minimum Gasteiger partial charge on any atom is -0.207 e. The number of thioether (sulfide) groups is 1. The van der Waals surface area contributed by atoms with Gasteiger partial charge in [0, 0.05) is 15.6 Å². The van der Waals surface area contributed by atoms with Crippen LogP contribution in [0.15, 0.2) is 21.9 Å². The lowest BCUT2D eigenvalue weighted by Crippen LogP contribution is -2.04. The average molecular weight is 316 g/mol. The van der Waals surface area contributed by atoms with E-state index in [4.69, 9.17) is 15.9 Å². The molecule has 9 heteroatoms. The Bertz CT molecular complexity index is 620. The van der Waals surface area contributed by atoms with Crippen LogP contribution in [0.1, 0.15) is 11.1 Å². The summed E-state index contributed by atoms with van der Waals surface area (Å²) in [4.78, 5) is -1.26. The summed E-state index contributed by atoms with van der Waals surface area (Å²) in [5.41, 5.74) is -4.44. The maximum Gasteiger partial charge on any atom is 0.446 e. The van der Waals surface area contributed by atoms with Gasteiger partial charge >= 0.3 is 5.51 Å². The third kappa shape index (κ3) is 3.80. The van der Waals surface area contributed by atoms with Crippen LogP contribution in [-0.2, 0) is 9.05 Å². The number of hydrogen-bond acceptors (Lipinski definition) is 4. The number of hydrogen-bond donors (Lipinski definition) is 0. The summed E-state index contributed by atoms with van der Waals surface area (Å²) in [6.45, 7) is 1.41. The Hall–Kier alpha value is -0.910. The minimum absolute atomic E-state index is 0.0410. The van der Waals surface area contributed by atoms with Gasteiger partial charge in [0.2, 0.25) is 0 Å². The summed E-state index contributed by atoms with van der Waals surface area (Å²) in [5, 5.41) is 8.72. The molecule has 0 aromatic heterocycles. The second-order valence-corrected chi connectivity index (χ2v) is 6.85. The van der Waals surface area contributed by atoms with Crippen molar-refractivity contribution in [1.82, 2.24) is 0 Å². The van der Waals surface area contributed by atoms with Crippen molar-refractivity contribution in [3.05, 3.63) is 23.3 Å². The maximum absolute atomic E-state index is 12.3. The summed E-state index contributed by atoms with van der Waals surface area (Å²) in [5.74, 6) is 0. The molecule has 18 heavy (non-hydrogen) atoms. The van der Waals surface area contributed by atoms with Crippen molar-refractivity contribution in [3.8, 4) is 6.07 Å². The lowest BCUT2D eigenvalue weighted by Gasteiger charge is -2.10. The largest absolute Gasteiger partial charge is 0.446 e. The van der Waals surface area contributed by atoms with E-state index >= 15 is 0 Å². The first-order chi connectivity index (χ1) is 8.04. The summed E-state index contributed by atoms with van der Waals surface area (Å²) in [7, 11) is 0.701. The third-order valence-electron chi connectivity index (χ3n) is 1.90. The maximum atomic E-state index is 12.3. The smallest absolute Gasteiger partial charge is 0.207 e. The quantitative estimate of drug-likeness (QED) is 0.620. The Kier molecular flexibility index (Phi) is 4.20. The standard InChI is InChI=1S/C9H5ClF3NO2S2/c1-5-2-7(17-9(11,12)13)8(18(10,15)16)3-6(5)4-14/h2-3H,1H3. The van der Waals surface area contributed by atoms with Gasteiger partial charge in [-0.3, -0.25) is 0 Å². The predicted molar refractivity (Wildman–Crippen MR) is 60.8 cm³/mol. The van der Waals surface area contributed by atoms with Gasteiger partial charge in [0.05, 0.1) is 16.5 Å². The molecule has 0 saturated heterocycles. The Morgan fingerprint density at radius 1 is 1.39 bits per heavy atom. The molecule has 0 heterocycles. The fraction of sp³-hybridized carbons (Fsp3) is 0.222. The summed E-state index contributed by atoms with van der Waals surface area (Å²) in [6, 6.07) is 3.50. The van der Waals surface area contributed by atoms with Gasteiger partial charge < -0.3 is 0 Å². The normalized spacial score (nSPS) is 12.2. The summed E-state index contributed by atoms with van der Waals surface area (Å²) < 4.78 is 59.2. The fourth-order valence-electron chi connectivity index (χ4n) is 1.18. The highest BCUT2D eigenvalue weighted by molar-refractivity contribution is 8.14. The first-order valence-corrected chi connectivity index (χ1v) is 7.42. The van der Waals surface area contributed by atoms with E-state index in [9.17, 15) is 21.6 Å². The number of nitrogens with zero attached hydrogens (tertiary/aromatic N) is 1. The molecule has 98 valence electrons. The fourth-order valence-corrected chi connectivity index (χ4v) is 3.35. The van der Waals surface area contributed by atoms with Crippen molar-refractivity contribution < 1.29 is 21.6 Å². The molecule has 0 bridgehead atoms. The molecule has 1 aromatic rings. The average Bonchev–Trinajstić information content (AvgIpc) is 2.13. The molecule has 0 aliphatic heterocycles. The molecule has 0 N–H and O–H groups in total. The molecule has 1 aromatic carbocycles. The van der Waals surface area contributed by atoms with Crippen LogP contribution < -0.4 is 0 Å². The molecule has 0 saturated carbocycles. The molecular formula is C9H5ClF3NO2S2. The monoisotopic (exact) mass is 315 g/mol. The number of nitriles is 1. The first kappa shape index (κ1) is 15.1. The van der Waals surface area contributed by atoms with Crippen LogP contribution in [0, 0.1) is 18.3 Å². The molecular weight excluding hydrogens is 311 g/mol. The van der Waals surface area contributed by atoms with Crippen molar-refractivity contribution in [2.24, 2.45) is 0 Å². The lowest BCUT2D eigenvalue weighted by molar-refractivity contribution is -0.0328. The zero-order valence-corrected chi connectivity index (χ0v) is 11.1. The van der Waals surface area contributed by atoms with Gasteiger partial charge in [0.25, 0.3) is 9.05 Å². The highest BCUT2D eigenvalue weighted by Gasteiger charge is 2.32. The van der Waals surface area contributed by atoms with E-state index < -0.39 is 36.1 Å². The molecule has 0 atom stereocenters.